The lowest BCUT2D eigenvalue weighted by Gasteiger charge is -2.10. The molecule has 0 amide bonds. The van der Waals surface area contributed by atoms with Crippen molar-refractivity contribution in [1.29, 1.82) is 0 Å². The number of benzene rings is 1. The number of nitrogens with one attached hydrogen (secondary N) is 1. The molecule has 1 aromatic carbocycles. The van der Waals surface area contributed by atoms with Gasteiger partial charge in [-0.2, -0.15) is 5.10 Å². The molecule has 6 heteroatoms. The number of anilines is 1. The Labute approximate surface area is 127 Å². The third kappa shape index (κ3) is 4.29. The molecule has 1 aromatic heterocycles. The van der Waals surface area contributed by atoms with Crippen molar-refractivity contribution in [3.63, 3.8) is 0 Å². The lowest BCUT2D eigenvalue weighted by molar-refractivity contribution is 0.610. The summed E-state index contributed by atoms with van der Waals surface area (Å²) in [5, 5.41) is 7.29. The van der Waals surface area contributed by atoms with Crippen LogP contribution in [0.1, 0.15) is 19.4 Å². The molecule has 21 heavy (non-hydrogen) atoms. The third-order valence-electron chi connectivity index (χ3n) is 2.90. The van der Waals surface area contributed by atoms with Crippen LogP contribution < -0.4 is 10.9 Å². The molecule has 0 spiro atoms. The number of hydrogen-bond acceptors (Lipinski definition) is 3. The molecule has 0 radical (unpaired) electrons. The molecule has 0 aliphatic rings. The van der Waals surface area contributed by atoms with Gasteiger partial charge in [0.05, 0.1) is 23.5 Å². The fourth-order valence-electron chi connectivity index (χ4n) is 1.78. The molecular weight excluding hydrogens is 293 g/mol. The maximum atomic E-state index is 13.4. The van der Waals surface area contributed by atoms with Crippen LogP contribution in [0.5, 0.6) is 0 Å². The van der Waals surface area contributed by atoms with Crippen molar-refractivity contribution in [1.82, 2.24) is 9.78 Å². The molecule has 0 bridgehead atoms. The maximum Gasteiger partial charge on any atom is 0.269 e. The topological polar surface area (TPSA) is 46.9 Å². The van der Waals surface area contributed by atoms with E-state index < -0.39 is 5.82 Å². The molecule has 112 valence electrons. The minimum atomic E-state index is -0.502. The number of aromatic nitrogens is 2. The molecule has 4 nitrogen and oxygen atoms in total. The lowest BCUT2D eigenvalue weighted by Crippen LogP contribution is -2.23. The van der Waals surface area contributed by atoms with Crippen molar-refractivity contribution in [3.05, 3.63) is 57.2 Å². The normalized spacial score (nSPS) is 10.9. The standard InChI is InChI=1S/C15H17ClFN3O/c1-10(2)7-18-12-6-15(21)20(19-8-12)9-11-3-4-13(16)14(17)5-11/h3-6,8,10,18H,7,9H2,1-2H3. The van der Waals surface area contributed by atoms with Crippen LogP contribution in [0.2, 0.25) is 5.02 Å². The molecule has 0 atom stereocenters. The van der Waals surface area contributed by atoms with Crippen molar-refractivity contribution in [2.75, 3.05) is 11.9 Å². The average molecular weight is 310 g/mol. The molecule has 1 heterocycles. The Hall–Kier alpha value is -1.88. The van der Waals surface area contributed by atoms with E-state index >= 15 is 0 Å². The Bertz CT molecular complexity index is 685. The van der Waals surface area contributed by atoms with Gasteiger partial charge in [0.2, 0.25) is 0 Å². The summed E-state index contributed by atoms with van der Waals surface area (Å²) < 4.78 is 14.7. The minimum absolute atomic E-state index is 0.0623. The second-order valence-electron chi connectivity index (χ2n) is 5.26. The van der Waals surface area contributed by atoms with E-state index in [0.717, 1.165) is 6.54 Å². The van der Waals surface area contributed by atoms with Crippen molar-refractivity contribution in [3.8, 4) is 0 Å². The van der Waals surface area contributed by atoms with Gasteiger partial charge in [-0.25, -0.2) is 9.07 Å². The largest absolute Gasteiger partial charge is 0.383 e. The Morgan fingerprint density at radius 1 is 1.38 bits per heavy atom. The predicted octanol–water partition coefficient (Wildman–Crippen LogP) is 3.15. The first-order valence-electron chi connectivity index (χ1n) is 6.70. The summed E-state index contributed by atoms with van der Waals surface area (Å²) in [6.45, 7) is 5.14. The van der Waals surface area contributed by atoms with Gasteiger partial charge in [-0.15, -0.1) is 0 Å². The van der Waals surface area contributed by atoms with Crippen LogP contribution in [0.15, 0.2) is 35.3 Å². The van der Waals surface area contributed by atoms with Crippen molar-refractivity contribution in [2.24, 2.45) is 5.92 Å². The Morgan fingerprint density at radius 3 is 2.76 bits per heavy atom. The molecule has 2 aromatic rings. The highest BCUT2D eigenvalue weighted by Crippen LogP contribution is 2.15. The van der Waals surface area contributed by atoms with Gasteiger partial charge < -0.3 is 5.32 Å². The molecule has 0 fully saturated rings. The molecule has 1 N–H and O–H groups in total. The zero-order chi connectivity index (χ0) is 15.4. The van der Waals surface area contributed by atoms with E-state index in [9.17, 15) is 9.18 Å². The summed E-state index contributed by atoms with van der Waals surface area (Å²) in [4.78, 5) is 12.0. The maximum absolute atomic E-state index is 13.4. The van der Waals surface area contributed by atoms with E-state index in [4.69, 9.17) is 11.6 Å². The zero-order valence-corrected chi connectivity index (χ0v) is 12.7. The molecule has 0 aliphatic heterocycles. The monoisotopic (exact) mass is 309 g/mol. The van der Waals surface area contributed by atoms with Gasteiger partial charge in [0.15, 0.2) is 0 Å². The van der Waals surface area contributed by atoms with Crippen molar-refractivity contribution >= 4 is 17.3 Å². The van der Waals surface area contributed by atoms with Crippen molar-refractivity contribution in [2.45, 2.75) is 20.4 Å². The van der Waals surface area contributed by atoms with E-state index in [0.29, 0.717) is 17.2 Å². The van der Waals surface area contributed by atoms with Gasteiger partial charge in [-0.3, -0.25) is 4.79 Å². The van der Waals surface area contributed by atoms with Crippen LogP contribution in [0, 0.1) is 11.7 Å². The van der Waals surface area contributed by atoms with Gasteiger partial charge >= 0.3 is 0 Å². The van der Waals surface area contributed by atoms with E-state index in [1.54, 1.807) is 12.3 Å². The Balaban J connectivity index is 2.13. The summed E-state index contributed by atoms with van der Waals surface area (Å²) >= 11 is 5.63. The Kier molecular flexibility index (Phi) is 4.96. The highest BCUT2D eigenvalue weighted by molar-refractivity contribution is 6.30. The van der Waals surface area contributed by atoms with Crippen LogP contribution in [0.4, 0.5) is 10.1 Å². The minimum Gasteiger partial charge on any atom is -0.383 e. The molecule has 0 aliphatic carbocycles. The van der Waals surface area contributed by atoms with Gasteiger partial charge in [-0.1, -0.05) is 31.5 Å². The van der Waals surface area contributed by atoms with Crippen LogP contribution in [0.25, 0.3) is 0 Å². The molecule has 0 saturated heterocycles. The lowest BCUT2D eigenvalue weighted by atomic mass is 10.2. The average Bonchev–Trinajstić information content (AvgIpc) is 2.43. The van der Waals surface area contributed by atoms with Gasteiger partial charge in [-0.05, 0) is 23.6 Å². The number of rotatable bonds is 5. The van der Waals surface area contributed by atoms with Crippen LogP contribution in [0.3, 0.4) is 0 Å². The first-order valence-corrected chi connectivity index (χ1v) is 7.08. The summed E-state index contributed by atoms with van der Waals surface area (Å²) in [5.41, 5.74) is 1.08. The number of hydrogen-bond donors (Lipinski definition) is 1. The predicted molar refractivity (Wildman–Crippen MR) is 82.3 cm³/mol. The zero-order valence-electron chi connectivity index (χ0n) is 11.9. The fourth-order valence-corrected chi connectivity index (χ4v) is 1.90. The van der Waals surface area contributed by atoms with Gasteiger partial charge in [0, 0.05) is 12.6 Å². The summed E-state index contributed by atoms with van der Waals surface area (Å²) in [7, 11) is 0. The van der Waals surface area contributed by atoms with Crippen LogP contribution in [-0.4, -0.2) is 16.3 Å². The highest BCUT2D eigenvalue weighted by Gasteiger charge is 2.05. The quantitative estimate of drug-likeness (QED) is 0.923. The Morgan fingerprint density at radius 2 is 2.14 bits per heavy atom. The van der Waals surface area contributed by atoms with Crippen molar-refractivity contribution < 1.29 is 4.39 Å². The molecular formula is C15H17ClFN3O. The summed E-state index contributed by atoms with van der Waals surface area (Å²) in [5.74, 6) is -0.0260. The highest BCUT2D eigenvalue weighted by atomic mass is 35.5. The van der Waals surface area contributed by atoms with E-state index in [2.05, 4.69) is 24.3 Å². The first kappa shape index (κ1) is 15.5. The van der Waals surface area contributed by atoms with Crippen LogP contribution >= 0.6 is 11.6 Å². The summed E-state index contributed by atoms with van der Waals surface area (Å²) in [6.07, 6.45) is 1.59. The second-order valence-corrected chi connectivity index (χ2v) is 5.67. The van der Waals surface area contributed by atoms with E-state index in [1.807, 2.05) is 0 Å². The fraction of sp³-hybridized carbons (Fsp3) is 0.333. The van der Waals surface area contributed by atoms with Crippen LogP contribution in [-0.2, 0) is 6.54 Å². The molecule has 0 saturated carbocycles. The second kappa shape index (κ2) is 6.72. The molecule has 0 unspecified atom stereocenters. The van der Waals surface area contributed by atoms with Gasteiger partial charge in [0.1, 0.15) is 5.82 Å². The van der Waals surface area contributed by atoms with Gasteiger partial charge in [0.25, 0.3) is 5.56 Å². The summed E-state index contributed by atoms with van der Waals surface area (Å²) in [6, 6.07) is 5.93. The first-order chi connectivity index (χ1) is 9.95. The number of halogens is 2. The van der Waals surface area contributed by atoms with E-state index in [1.165, 1.54) is 22.9 Å². The molecule has 2 rings (SSSR count). The number of nitrogens with zero attached hydrogens (tertiary/aromatic N) is 2. The smallest absolute Gasteiger partial charge is 0.269 e. The third-order valence-corrected chi connectivity index (χ3v) is 3.21. The SMILES string of the molecule is CC(C)CNc1cnn(Cc2ccc(Cl)c(F)c2)c(=O)c1. The van der Waals surface area contributed by atoms with E-state index in [-0.39, 0.29) is 17.1 Å².